The molecule has 0 radical (unpaired) electrons. The Balaban J connectivity index is 2.30. The fourth-order valence-corrected chi connectivity index (χ4v) is 2.23. The molecule has 1 heterocycles. The largest absolute Gasteiger partial charge is 0.322 e. The fourth-order valence-electron chi connectivity index (χ4n) is 1.86. The number of nitrogens with one attached hydrogen (secondary N) is 1. The maximum Gasteiger partial charge on any atom is 0.272 e. The van der Waals surface area contributed by atoms with Crippen molar-refractivity contribution in [2.45, 2.75) is 13.8 Å². The summed E-state index contributed by atoms with van der Waals surface area (Å²) in [5.41, 5.74) is 2.11. The molecule has 108 valence electrons. The minimum absolute atomic E-state index is 0.0367. The standard InChI is InChI=1S/C14H12BrN3O3/c1-8-4-13(18(20)21)9(2)3-12(8)17-14(19)10-5-11(15)7-16-6-10/h3-7H,1-2H3,(H,17,19). The fraction of sp³-hybridized carbons (Fsp3) is 0.143. The Hall–Kier alpha value is -2.28. The predicted octanol–water partition coefficient (Wildman–Crippen LogP) is 3.62. The summed E-state index contributed by atoms with van der Waals surface area (Å²) in [5.74, 6) is -0.319. The summed E-state index contributed by atoms with van der Waals surface area (Å²) < 4.78 is 0.701. The van der Waals surface area contributed by atoms with Crippen LogP contribution in [0.3, 0.4) is 0 Å². The van der Waals surface area contributed by atoms with Gasteiger partial charge in [-0.15, -0.1) is 0 Å². The highest BCUT2D eigenvalue weighted by Crippen LogP contribution is 2.26. The number of amides is 1. The van der Waals surface area contributed by atoms with Gasteiger partial charge in [0.2, 0.25) is 0 Å². The molecule has 0 saturated carbocycles. The van der Waals surface area contributed by atoms with Gasteiger partial charge in [0.25, 0.3) is 11.6 Å². The van der Waals surface area contributed by atoms with Crippen LogP contribution >= 0.6 is 15.9 Å². The molecular weight excluding hydrogens is 338 g/mol. The lowest BCUT2D eigenvalue weighted by molar-refractivity contribution is -0.385. The van der Waals surface area contributed by atoms with E-state index in [0.29, 0.717) is 26.9 Å². The number of hydrogen-bond acceptors (Lipinski definition) is 4. The summed E-state index contributed by atoms with van der Waals surface area (Å²) in [6.07, 6.45) is 3.03. The third kappa shape index (κ3) is 3.43. The van der Waals surface area contributed by atoms with Crippen molar-refractivity contribution in [1.29, 1.82) is 0 Å². The molecule has 1 amide bonds. The summed E-state index contributed by atoms with van der Waals surface area (Å²) in [7, 11) is 0. The molecule has 1 N–H and O–H groups in total. The average Bonchev–Trinajstić information content (AvgIpc) is 2.42. The van der Waals surface area contributed by atoms with Crippen LogP contribution in [0.4, 0.5) is 11.4 Å². The van der Waals surface area contributed by atoms with Crippen LogP contribution in [-0.4, -0.2) is 15.8 Å². The van der Waals surface area contributed by atoms with Crippen LogP contribution in [0.25, 0.3) is 0 Å². The van der Waals surface area contributed by atoms with Crippen LogP contribution in [0.15, 0.2) is 35.1 Å². The first-order chi connectivity index (χ1) is 9.88. The van der Waals surface area contributed by atoms with Gasteiger partial charge in [0.1, 0.15) is 0 Å². The number of halogens is 1. The molecule has 0 unspecified atom stereocenters. The molecule has 1 aromatic heterocycles. The number of nitro benzene ring substituents is 1. The minimum Gasteiger partial charge on any atom is -0.322 e. The van der Waals surface area contributed by atoms with Crippen molar-refractivity contribution < 1.29 is 9.72 Å². The van der Waals surface area contributed by atoms with Crippen molar-refractivity contribution in [3.8, 4) is 0 Å². The van der Waals surface area contributed by atoms with Crippen LogP contribution in [-0.2, 0) is 0 Å². The van der Waals surface area contributed by atoms with Gasteiger partial charge in [-0.2, -0.15) is 0 Å². The van der Waals surface area contributed by atoms with E-state index in [1.165, 1.54) is 12.3 Å². The van der Waals surface area contributed by atoms with E-state index in [4.69, 9.17) is 0 Å². The number of nitro groups is 1. The lowest BCUT2D eigenvalue weighted by Crippen LogP contribution is -2.13. The first-order valence-corrected chi connectivity index (χ1v) is 6.85. The quantitative estimate of drug-likeness (QED) is 0.677. The molecule has 0 atom stereocenters. The van der Waals surface area contributed by atoms with Gasteiger partial charge in [-0.3, -0.25) is 19.9 Å². The summed E-state index contributed by atoms with van der Waals surface area (Å²) >= 11 is 3.25. The molecule has 0 aliphatic heterocycles. The van der Waals surface area contributed by atoms with Gasteiger partial charge in [0.15, 0.2) is 0 Å². The Morgan fingerprint density at radius 2 is 1.95 bits per heavy atom. The molecule has 0 aliphatic rings. The number of aryl methyl sites for hydroxylation is 2. The molecule has 0 saturated heterocycles. The third-order valence-electron chi connectivity index (χ3n) is 2.95. The first kappa shape index (κ1) is 15.1. The van der Waals surface area contributed by atoms with Gasteiger partial charge >= 0.3 is 0 Å². The van der Waals surface area contributed by atoms with Crippen LogP contribution in [0.2, 0.25) is 0 Å². The second kappa shape index (κ2) is 6.01. The van der Waals surface area contributed by atoms with E-state index in [9.17, 15) is 14.9 Å². The normalized spacial score (nSPS) is 10.2. The van der Waals surface area contributed by atoms with Crippen LogP contribution in [0.1, 0.15) is 21.5 Å². The molecule has 0 bridgehead atoms. The molecule has 0 fully saturated rings. The number of aromatic nitrogens is 1. The number of rotatable bonds is 3. The monoisotopic (exact) mass is 349 g/mol. The average molecular weight is 350 g/mol. The highest BCUT2D eigenvalue weighted by atomic mass is 79.9. The zero-order chi connectivity index (χ0) is 15.6. The zero-order valence-corrected chi connectivity index (χ0v) is 13.0. The Bertz CT molecular complexity index is 731. The number of hydrogen-bond donors (Lipinski definition) is 1. The Morgan fingerprint density at radius 3 is 2.57 bits per heavy atom. The van der Waals surface area contributed by atoms with Gasteiger partial charge in [-0.1, -0.05) is 0 Å². The number of carbonyl (C=O) groups excluding carboxylic acids is 1. The van der Waals surface area contributed by atoms with Gasteiger partial charge in [0, 0.05) is 34.2 Å². The highest BCUT2D eigenvalue weighted by Gasteiger charge is 2.15. The van der Waals surface area contributed by atoms with E-state index < -0.39 is 4.92 Å². The van der Waals surface area contributed by atoms with Crippen LogP contribution in [0.5, 0.6) is 0 Å². The van der Waals surface area contributed by atoms with Gasteiger partial charge in [0.05, 0.1) is 10.5 Å². The molecule has 0 spiro atoms. The molecule has 0 aliphatic carbocycles. The lowest BCUT2D eigenvalue weighted by atomic mass is 10.1. The summed E-state index contributed by atoms with van der Waals surface area (Å²) in [6, 6.07) is 4.69. The van der Waals surface area contributed by atoms with Gasteiger partial charge < -0.3 is 5.32 Å². The molecule has 2 aromatic rings. The minimum atomic E-state index is -0.438. The second-order valence-electron chi connectivity index (χ2n) is 4.56. The molecule has 2 rings (SSSR count). The highest BCUT2D eigenvalue weighted by molar-refractivity contribution is 9.10. The van der Waals surface area contributed by atoms with Crippen molar-refractivity contribution in [2.75, 3.05) is 5.32 Å². The van der Waals surface area contributed by atoms with E-state index in [1.54, 1.807) is 32.2 Å². The molecule has 7 heteroatoms. The number of nitrogens with zero attached hydrogens (tertiary/aromatic N) is 2. The first-order valence-electron chi connectivity index (χ1n) is 6.06. The van der Waals surface area contributed by atoms with Crippen molar-refractivity contribution >= 4 is 33.2 Å². The Kier molecular flexibility index (Phi) is 4.32. The maximum absolute atomic E-state index is 12.1. The van der Waals surface area contributed by atoms with Gasteiger partial charge in [-0.05, 0) is 47.5 Å². The molecule has 1 aromatic carbocycles. The number of carbonyl (C=O) groups is 1. The smallest absolute Gasteiger partial charge is 0.272 e. The van der Waals surface area contributed by atoms with Crippen LogP contribution in [0, 0.1) is 24.0 Å². The SMILES string of the molecule is Cc1cc([N+](=O)[O-])c(C)cc1NC(=O)c1cncc(Br)c1. The van der Waals surface area contributed by atoms with E-state index in [-0.39, 0.29) is 11.6 Å². The molecule has 6 nitrogen and oxygen atoms in total. The Labute approximate surface area is 129 Å². The van der Waals surface area contributed by atoms with Crippen molar-refractivity contribution in [2.24, 2.45) is 0 Å². The zero-order valence-electron chi connectivity index (χ0n) is 11.4. The maximum atomic E-state index is 12.1. The predicted molar refractivity (Wildman–Crippen MR) is 82.5 cm³/mol. The summed E-state index contributed by atoms with van der Waals surface area (Å²) in [6.45, 7) is 3.34. The van der Waals surface area contributed by atoms with E-state index in [0.717, 1.165) is 0 Å². The van der Waals surface area contributed by atoms with E-state index in [1.807, 2.05) is 0 Å². The number of benzene rings is 1. The van der Waals surface area contributed by atoms with Gasteiger partial charge in [-0.25, -0.2) is 0 Å². The van der Waals surface area contributed by atoms with Crippen molar-refractivity contribution in [1.82, 2.24) is 4.98 Å². The van der Waals surface area contributed by atoms with Crippen LogP contribution < -0.4 is 5.32 Å². The van der Waals surface area contributed by atoms with Crippen molar-refractivity contribution in [3.63, 3.8) is 0 Å². The topological polar surface area (TPSA) is 85.1 Å². The summed E-state index contributed by atoms with van der Waals surface area (Å²) in [5, 5.41) is 13.6. The van der Waals surface area contributed by atoms with Crippen molar-refractivity contribution in [3.05, 3.63) is 61.9 Å². The third-order valence-corrected chi connectivity index (χ3v) is 3.39. The van der Waals surface area contributed by atoms with E-state index in [2.05, 4.69) is 26.2 Å². The molecular formula is C14H12BrN3O3. The number of anilines is 1. The molecule has 21 heavy (non-hydrogen) atoms. The second-order valence-corrected chi connectivity index (χ2v) is 5.47. The lowest BCUT2D eigenvalue weighted by Gasteiger charge is -2.10. The number of pyridine rings is 1. The van der Waals surface area contributed by atoms with E-state index >= 15 is 0 Å². The summed E-state index contributed by atoms with van der Waals surface area (Å²) in [4.78, 5) is 26.5. The Morgan fingerprint density at radius 1 is 1.24 bits per heavy atom.